The molecule has 2 N–H and O–H groups in total. The van der Waals surface area contributed by atoms with Crippen LogP contribution in [0.1, 0.15) is 24.0 Å². The van der Waals surface area contributed by atoms with Crippen LogP contribution in [0.25, 0.3) is 5.57 Å². The van der Waals surface area contributed by atoms with Crippen LogP contribution >= 0.6 is 0 Å². The van der Waals surface area contributed by atoms with Crippen LogP contribution in [-0.2, 0) is 11.2 Å². The van der Waals surface area contributed by atoms with E-state index in [1.54, 1.807) is 0 Å². The second-order valence-corrected chi connectivity index (χ2v) is 3.57. The summed E-state index contributed by atoms with van der Waals surface area (Å²) in [5.74, 6) is -0.257. The number of rotatable bonds is 2. The lowest BCUT2D eigenvalue weighted by molar-refractivity contribution is -0.117. The number of carbonyl (C=O) groups is 1. The summed E-state index contributed by atoms with van der Waals surface area (Å²) in [7, 11) is 0. The van der Waals surface area contributed by atoms with Crippen molar-refractivity contribution in [1.82, 2.24) is 0 Å². The van der Waals surface area contributed by atoms with E-state index >= 15 is 0 Å². The third-order valence-corrected chi connectivity index (χ3v) is 2.53. The van der Waals surface area contributed by atoms with Crippen molar-refractivity contribution in [2.24, 2.45) is 5.73 Å². The lowest BCUT2D eigenvalue weighted by Gasteiger charge is -2.16. The van der Waals surface area contributed by atoms with E-state index in [-0.39, 0.29) is 5.91 Å². The average Bonchev–Trinajstić information content (AvgIpc) is 2.18. The Morgan fingerprint density at radius 1 is 1.36 bits per heavy atom. The fourth-order valence-electron chi connectivity index (χ4n) is 1.92. The molecule has 0 spiro atoms. The lowest BCUT2D eigenvalue weighted by atomic mass is 9.89. The molecule has 0 aliphatic heterocycles. The Hall–Kier alpha value is -1.57. The van der Waals surface area contributed by atoms with Crippen molar-refractivity contribution in [1.29, 1.82) is 0 Å². The molecule has 1 aliphatic rings. The van der Waals surface area contributed by atoms with Gasteiger partial charge in [0.05, 0.1) is 6.42 Å². The first kappa shape index (κ1) is 9.00. The highest BCUT2D eigenvalue weighted by Gasteiger charge is 2.12. The summed E-state index contributed by atoms with van der Waals surface area (Å²) in [4.78, 5) is 10.9. The summed E-state index contributed by atoms with van der Waals surface area (Å²) >= 11 is 0. The number of hydrogen-bond acceptors (Lipinski definition) is 1. The first-order valence-corrected chi connectivity index (χ1v) is 4.83. The maximum Gasteiger partial charge on any atom is 0.221 e. The van der Waals surface area contributed by atoms with Gasteiger partial charge in [-0.05, 0) is 29.5 Å². The van der Waals surface area contributed by atoms with Crippen LogP contribution in [0.5, 0.6) is 0 Å². The highest BCUT2D eigenvalue weighted by atomic mass is 16.1. The van der Waals surface area contributed by atoms with Gasteiger partial charge in [0, 0.05) is 0 Å². The van der Waals surface area contributed by atoms with Gasteiger partial charge in [0.15, 0.2) is 0 Å². The van der Waals surface area contributed by atoms with E-state index in [4.69, 9.17) is 5.73 Å². The molecular weight excluding hydrogens is 174 g/mol. The Morgan fingerprint density at radius 3 is 2.93 bits per heavy atom. The van der Waals surface area contributed by atoms with Gasteiger partial charge in [-0.2, -0.15) is 0 Å². The van der Waals surface area contributed by atoms with Gasteiger partial charge in [-0.3, -0.25) is 4.79 Å². The van der Waals surface area contributed by atoms with E-state index in [0.29, 0.717) is 6.42 Å². The van der Waals surface area contributed by atoms with E-state index in [0.717, 1.165) is 18.4 Å². The van der Waals surface area contributed by atoms with E-state index in [1.165, 1.54) is 11.1 Å². The van der Waals surface area contributed by atoms with Crippen LogP contribution in [0.15, 0.2) is 30.3 Å². The first-order chi connectivity index (χ1) is 6.77. The van der Waals surface area contributed by atoms with E-state index in [1.807, 2.05) is 12.1 Å². The Labute approximate surface area is 83.4 Å². The molecule has 2 heteroatoms. The molecule has 1 aliphatic carbocycles. The number of carbonyl (C=O) groups excluding carboxylic acids is 1. The molecule has 0 saturated heterocycles. The molecule has 0 fully saturated rings. The Balaban J connectivity index is 2.35. The van der Waals surface area contributed by atoms with Crippen molar-refractivity contribution in [2.45, 2.75) is 19.3 Å². The predicted octanol–water partition coefficient (Wildman–Crippen LogP) is 1.89. The van der Waals surface area contributed by atoms with Crippen molar-refractivity contribution in [3.8, 4) is 0 Å². The summed E-state index contributed by atoms with van der Waals surface area (Å²) in [6.45, 7) is 0. The molecule has 0 aromatic heterocycles. The number of allylic oxidation sites excluding steroid dienone is 1. The van der Waals surface area contributed by atoms with Crippen LogP contribution in [-0.4, -0.2) is 5.91 Å². The molecule has 2 rings (SSSR count). The van der Waals surface area contributed by atoms with Gasteiger partial charge >= 0.3 is 0 Å². The molecular formula is C12H13NO. The maximum absolute atomic E-state index is 10.9. The van der Waals surface area contributed by atoms with Crippen LogP contribution in [0.2, 0.25) is 0 Å². The summed E-state index contributed by atoms with van der Waals surface area (Å²) in [5.41, 5.74) is 8.80. The molecule has 0 atom stereocenters. The van der Waals surface area contributed by atoms with E-state index in [9.17, 15) is 4.79 Å². The van der Waals surface area contributed by atoms with Crippen LogP contribution in [0.4, 0.5) is 0 Å². The molecule has 0 heterocycles. The number of aryl methyl sites for hydroxylation is 1. The SMILES string of the molecule is NC(=O)CC1=CCCc2ccccc21. The smallest absolute Gasteiger partial charge is 0.221 e. The zero-order valence-electron chi connectivity index (χ0n) is 7.99. The fourth-order valence-corrected chi connectivity index (χ4v) is 1.92. The number of hydrogen-bond donors (Lipinski definition) is 1. The Morgan fingerprint density at radius 2 is 2.14 bits per heavy atom. The number of nitrogens with two attached hydrogens (primary N) is 1. The second-order valence-electron chi connectivity index (χ2n) is 3.57. The fraction of sp³-hybridized carbons (Fsp3) is 0.250. The van der Waals surface area contributed by atoms with Gasteiger partial charge < -0.3 is 5.73 Å². The van der Waals surface area contributed by atoms with Crippen molar-refractivity contribution in [3.05, 3.63) is 41.5 Å². The Kier molecular flexibility index (Phi) is 2.35. The molecule has 0 radical (unpaired) electrons. The third kappa shape index (κ3) is 1.69. The summed E-state index contributed by atoms with van der Waals surface area (Å²) in [6.07, 6.45) is 4.56. The highest BCUT2D eigenvalue weighted by molar-refractivity contribution is 5.88. The summed E-state index contributed by atoms with van der Waals surface area (Å²) in [6, 6.07) is 8.21. The summed E-state index contributed by atoms with van der Waals surface area (Å²) in [5, 5.41) is 0. The van der Waals surface area contributed by atoms with E-state index < -0.39 is 0 Å². The molecule has 14 heavy (non-hydrogen) atoms. The van der Waals surface area contributed by atoms with Crippen molar-refractivity contribution in [2.75, 3.05) is 0 Å². The number of benzene rings is 1. The zero-order chi connectivity index (χ0) is 9.97. The van der Waals surface area contributed by atoms with Crippen LogP contribution in [0.3, 0.4) is 0 Å². The molecule has 1 amide bonds. The highest BCUT2D eigenvalue weighted by Crippen LogP contribution is 2.27. The molecule has 1 aromatic carbocycles. The van der Waals surface area contributed by atoms with Gasteiger partial charge in [-0.15, -0.1) is 0 Å². The molecule has 0 unspecified atom stereocenters. The van der Waals surface area contributed by atoms with Crippen molar-refractivity contribution in [3.63, 3.8) is 0 Å². The minimum Gasteiger partial charge on any atom is -0.369 e. The van der Waals surface area contributed by atoms with Gasteiger partial charge in [0.2, 0.25) is 5.91 Å². The van der Waals surface area contributed by atoms with Crippen LogP contribution in [0, 0.1) is 0 Å². The first-order valence-electron chi connectivity index (χ1n) is 4.83. The van der Waals surface area contributed by atoms with Gasteiger partial charge in [0.1, 0.15) is 0 Å². The lowest BCUT2D eigenvalue weighted by Crippen LogP contribution is -2.12. The third-order valence-electron chi connectivity index (χ3n) is 2.53. The van der Waals surface area contributed by atoms with Gasteiger partial charge in [-0.1, -0.05) is 30.3 Å². The van der Waals surface area contributed by atoms with E-state index in [2.05, 4.69) is 18.2 Å². The molecule has 0 saturated carbocycles. The quantitative estimate of drug-likeness (QED) is 0.754. The minimum atomic E-state index is -0.257. The van der Waals surface area contributed by atoms with Crippen LogP contribution < -0.4 is 5.73 Å². The predicted molar refractivity (Wildman–Crippen MR) is 56.6 cm³/mol. The topological polar surface area (TPSA) is 43.1 Å². The molecule has 0 bridgehead atoms. The standard InChI is InChI=1S/C12H13NO/c13-12(14)8-10-6-3-5-9-4-1-2-7-11(9)10/h1-2,4,6-7H,3,5,8H2,(H2,13,14). The minimum absolute atomic E-state index is 0.257. The van der Waals surface area contributed by atoms with Gasteiger partial charge in [0.25, 0.3) is 0 Å². The number of fused-ring (bicyclic) bond motifs is 1. The second kappa shape index (κ2) is 3.66. The zero-order valence-corrected chi connectivity index (χ0v) is 7.99. The average molecular weight is 187 g/mol. The largest absolute Gasteiger partial charge is 0.369 e. The number of primary amides is 1. The maximum atomic E-state index is 10.9. The van der Waals surface area contributed by atoms with Crippen molar-refractivity contribution >= 4 is 11.5 Å². The molecule has 1 aromatic rings. The van der Waals surface area contributed by atoms with Crippen molar-refractivity contribution < 1.29 is 4.79 Å². The number of amides is 1. The van der Waals surface area contributed by atoms with Gasteiger partial charge in [-0.25, -0.2) is 0 Å². The molecule has 72 valence electrons. The monoisotopic (exact) mass is 187 g/mol. The molecule has 2 nitrogen and oxygen atoms in total. The Bertz CT molecular complexity index is 393. The summed E-state index contributed by atoms with van der Waals surface area (Å²) < 4.78 is 0. The normalized spacial score (nSPS) is 14.4.